The van der Waals surface area contributed by atoms with Crippen LogP contribution in [0.5, 0.6) is 0 Å². The van der Waals surface area contributed by atoms with Gasteiger partial charge in [-0.15, -0.1) is 23.2 Å². The van der Waals surface area contributed by atoms with E-state index in [4.69, 9.17) is 27.9 Å². The molecule has 0 unspecified atom stereocenters. The highest BCUT2D eigenvalue weighted by atomic mass is 35.5. The Morgan fingerprint density at radius 2 is 1.83 bits per heavy atom. The van der Waals surface area contributed by atoms with E-state index in [0.717, 1.165) is 0 Å². The second-order valence-electron chi connectivity index (χ2n) is 4.33. The summed E-state index contributed by atoms with van der Waals surface area (Å²) in [5.41, 5.74) is -1.00. The zero-order valence-electron chi connectivity index (χ0n) is 10.2. The molecule has 0 radical (unpaired) electrons. The van der Waals surface area contributed by atoms with E-state index in [0.29, 0.717) is 0 Å². The average molecular weight is 297 g/mol. The molecule has 1 rings (SSSR count). The molecule has 102 valence electrons. The zero-order valence-corrected chi connectivity index (χ0v) is 11.7. The molecule has 2 atom stereocenters. The van der Waals surface area contributed by atoms with Crippen LogP contribution in [-0.2, 0) is 14.3 Å². The van der Waals surface area contributed by atoms with Gasteiger partial charge in [0.05, 0.1) is 0 Å². The van der Waals surface area contributed by atoms with Crippen LogP contribution in [0.3, 0.4) is 0 Å². The fourth-order valence-electron chi connectivity index (χ4n) is 1.24. The van der Waals surface area contributed by atoms with Gasteiger partial charge in [0.1, 0.15) is 9.75 Å². The summed E-state index contributed by atoms with van der Waals surface area (Å²) in [6, 6.07) is -0.676. The van der Waals surface area contributed by atoms with Gasteiger partial charge in [0.25, 0.3) is 5.91 Å². The summed E-state index contributed by atoms with van der Waals surface area (Å²) in [4.78, 5) is 34.1. The summed E-state index contributed by atoms with van der Waals surface area (Å²) in [5.74, 6) is -1.38. The van der Waals surface area contributed by atoms with Gasteiger partial charge in [-0.3, -0.25) is 14.9 Å². The molecule has 0 aliphatic heterocycles. The van der Waals surface area contributed by atoms with Gasteiger partial charge >= 0.3 is 12.0 Å². The monoisotopic (exact) mass is 296 g/mol. The largest absolute Gasteiger partial charge is 0.452 e. The lowest BCUT2D eigenvalue weighted by atomic mass is 10.1. The number of ether oxygens (including phenoxy) is 1. The number of nitrogens with one attached hydrogen (secondary N) is 2. The first-order chi connectivity index (χ1) is 8.14. The van der Waals surface area contributed by atoms with E-state index in [-0.39, 0.29) is 6.42 Å². The number of carbonyl (C=O) groups excluding carboxylic acids is 3. The van der Waals surface area contributed by atoms with Crippen molar-refractivity contribution in [2.24, 2.45) is 5.41 Å². The van der Waals surface area contributed by atoms with Crippen LogP contribution in [0.25, 0.3) is 0 Å². The van der Waals surface area contributed by atoms with Crippen molar-refractivity contribution in [2.45, 2.75) is 30.7 Å². The van der Waals surface area contributed by atoms with Gasteiger partial charge in [-0.25, -0.2) is 4.79 Å². The molecule has 0 aromatic heterocycles. The minimum atomic E-state index is -1.15. The quantitative estimate of drug-likeness (QED) is 0.600. The summed E-state index contributed by atoms with van der Waals surface area (Å²) in [7, 11) is 1.36. The molecular formula is C10H14Cl2N2O4. The molecule has 0 bridgehead atoms. The van der Waals surface area contributed by atoms with Crippen LogP contribution in [-0.4, -0.2) is 35.4 Å². The van der Waals surface area contributed by atoms with Crippen LogP contribution >= 0.6 is 23.2 Å². The van der Waals surface area contributed by atoms with Gasteiger partial charge in [-0.05, 0) is 13.8 Å². The first-order valence-electron chi connectivity index (χ1n) is 5.25. The van der Waals surface area contributed by atoms with Gasteiger partial charge in [-0.1, -0.05) is 0 Å². The molecule has 0 heterocycles. The fourth-order valence-corrected chi connectivity index (χ4v) is 1.93. The van der Waals surface area contributed by atoms with Crippen LogP contribution in [0.15, 0.2) is 0 Å². The number of carbonyl (C=O) groups is 3. The lowest BCUT2D eigenvalue weighted by Crippen LogP contribution is -2.44. The summed E-state index contributed by atoms with van der Waals surface area (Å²) >= 11 is 11.6. The van der Waals surface area contributed by atoms with E-state index in [1.54, 1.807) is 6.92 Å². The standard InChI is InChI=1S/C10H14Cl2N2O4/c1-5(6(15)14-8(17)13-3)18-7(16)9(2)4-10(9,11)12/h5H,4H2,1-3H3,(H2,13,14,15,17)/t5-,9-/m0/s1. The number of alkyl halides is 2. The lowest BCUT2D eigenvalue weighted by molar-refractivity contribution is -0.159. The molecule has 18 heavy (non-hydrogen) atoms. The molecule has 6 nitrogen and oxygen atoms in total. The van der Waals surface area contributed by atoms with E-state index < -0.39 is 33.8 Å². The minimum absolute atomic E-state index is 0.270. The van der Waals surface area contributed by atoms with E-state index in [9.17, 15) is 14.4 Å². The number of rotatable bonds is 3. The first-order valence-corrected chi connectivity index (χ1v) is 6.01. The number of imide groups is 1. The summed E-state index contributed by atoms with van der Waals surface area (Å²) in [5, 5.41) is 4.20. The molecule has 0 aromatic rings. The van der Waals surface area contributed by atoms with Crippen LogP contribution in [0.1, 0.15) is 20.3 Å². The molecule has 2 N–H and O–H groups in total. The molecule has 1 saturated carbocycles. The van der Waals surface area contributed by atoms with E-state index in [2.05, 4.69) is 5.32 Å². The Balaban J connectivity index is 2.51. The number of hydrogen-bond donors (Lipinski definition) is 2. The van der Waals surface area contributed by atoms with Gasteiger partial charge < -0.3 is 10.1 Å². The first kappa shape index (κ1) is 15.0. The van der Waals surface area contributed by atoms with E-state index >= 15 is 0 Å². The van der Waals surface area contributed by atoms with Crippen molar-refractivity contribution in [1.82, 2.24) is 10.6 Å². The molecule has 0 spiro atoms. The number of halogens is 2. The molecule has 0 saturated heterocycles. The topological polar surface area (TPSA) is 84.5 Å². The van der Waals surface area contributed by atoms with Gasteiger partial charge in [0.2, 0.25) is 0 Å². The summed E-state index contributed by atoms with van der Waals surface area (Å²) in [6.07, 6.45) is -0.831. The van der Waals surface area contributed by atoms with Crippen LogP contribution in [0, 0.1) is 5.41 Å². The minimum Gasteiger partial charge on any atom is -0.452 e. The predicted molar refractivity (Wildman–Crippen MR) is 65.3 cm³/mol. The maximum Gasteiger partial charge on any atom is 0.321 e. The number of urea groups is 1. The van der Waals surface area contributed by atoms with Crippen molar-refractivity contribution in [3.8, 4) is 0 Å². The van der Waals surface area contributed by atoms with Crippen molar-refractivity contribution < 1.29 is 19.1 Å². The Labute approximate surface area is 114 Å². The molecule has 3 amide bonds. The highest BCUT2D eigenvalue weighted by Gasteiger charge is 2.69. The normalized spacial score (nSPS) is 25.8. The van der Waals surface area contributed by atoms with Crippen molar-refractivity contribution in [3.05, 3.63) is 0 Å². The lowest BCUT2D eigenvalue weighted by Gasteiger charge is -2.16. The fraction of sp³-hybridized carbons (Fsp3) is 0.700. The maximum atomic E-state index is 11.7. The summed E-state index contributed by atoms with van der Waals surface area (Å²) < 4.78 is 3.77. The molecular weight excluding hydrogens is 283 g/mol. The van der Waals surface area contributed by atoms with Crippen LogP contribution in [0.4, 0.5) is 4.79 Å². The Morgan fingerprint density at radius 1 is 1.33 bits per heavy atom. The third-order valence-corrected chi connectivity index (χ3v) is 3.93. The van der Waals surface area contributed by atoms with Crippen molar-refractivity contribution >= 4 is 41.1 Å². The van der Waals surface area contributed by atoms with Crippen LogP contribution in [0.2, 0.25) is 0 Å². The third-order valence-electron chi connectivity index (χ3n) is 2.83. The molecule has 1 fully saturated rings. The predicted octanol–water partition coefficient (Wildman–Crippen LogP) is 0.958. The highest BCUT2D eigenvalue weighted by Crippen LogP contribution is 2.64. The molecule has 8 heteroatoms. The Morgan fingerprint density at radius 3 is 2.22 bits per heavy atom. The second-order valence-corrected chi connectivity index (χ2v) is 5.81. The highest BCUT2D eigenvalue weighted by molar-refractivity contribution is 6.53. The third kappa shape index (κ3) is 2.87. The van der Waals surface area contributed by atoms with Crippen LogP contribution < -0.4 is 10.6 Å². The zero-order chi connectivity index (χ0) is 14.1. The number of amides is 3. The molecule has 1 aliphatic carbocycles. The van der Waals surface area contributed by atoms with E-state index in [1.165, 1.54) is 14.0 Å². The maximum absolute atomic E-state index is 11.7. The van der Waals surface area contributed by atoms with Crippen molar-refractivity contribution in [1.29, 1.82) is 0 Å². The molecule has 0 aromatic carbocycles. The van der Waals surface area contributed by atoms with Crippen molar-refractivity contribution in [2.75, 3.05) is 7.05 Å². The smallest absolute Gasteiger partial charge is 0.321 e. The number of hydrogen-bond acceptors (Lipinski definition) is 4. The van der Waals surface area contributed by atoms with Gasteiger partial charge in [-0.2, -0.15) is 0 Å². The Hall–Kier alpha value is -1.01. The Kier molecular flexibility index (Phi) is 4.12. The SMILES string of the molecule is CNC(=O)NC(=O)[C@H](C)OC(=O)[C@]1(C)CC1(Cl)Cl. The van der Waals surface area contributed by atoms with E-state index in [1.807, 2.05) is 5.32 Å². The summed E-state index contributed by atoms with van der Waals surface area (Å²) in [6.45, 7) is 2.91. The Bertz CT molecular complexity index is 399. The van der Waals surface area contributed by atoms with Gasteiger partial charge in [0, 0.05) is 13.5 Å². The average Bonchev–Trinajstić information content (AvgIpc) is 2.79. The van der Waals surface area contributed by atoms with Gasteiger partial charge in [0.15, 0.2) is 6.10 Å². The van der Waals surface area contributed by atoms with Crippen molar-refractivity contribution in [3.63, 3.8) is 0 Å². The second kappa shape index (κ2) is 4.93. The number of esters is 1. The molecule has 1 aliphatic rings.